The Morgan fingerprint density at radius 1 is 0.846 bits per heavy atom. The number of fused-ring (bicyclic) bond motifs is 2. The Kier molecular flexibility index (Phi) is 3.05. The van der Waals surface area contributed by atoms with Gasteiger partial charge in [0.05, 0.1) is 11.2 Å². The SMILES string of the molecule is CC(C)(C)c1cc2c3c(c1)nc(-c1ccccc1)n3-c1ccccc1O2. The fraction of sp³-hybridized carbons (Fsp3) is 0.174. The maximum Gasteiger partial charge on any atom is 0.154 e. The van der Waals surface area contributed by atoms with Gasteiger partial charge in [0, 0.05) is 5.56 Å². The summed E-state index contributed by atoms with van der Waals surface area (Å²) in [5.74, 6) is 2.69. The summed E-state index contributed by atoms with van der Waals surface area (Å²) in [6.07, 6.45) is 0. The molecular weight excluding hydrogens is 320 g/mol. The summed E-state index contributed by atoms with van der Waals surface area (Å²) in [5, 5.41) is 0. The number of benzene rings is 3. The molecule has 0 fully saturated rings. The molecule has 3 nitrogen and oxygen atoms in total. The Bertz CT molecular complexity index is 1130. The summed E-state index contributed by atoms with van der Waals surface area (Å²) in [6, 6.07) is 22.8. The Labute approximate surface area is 152 Å². The maximum absolute atomic E-state index is 6.27. The highest BCUT2D eigenvalue weighted by atomic mass is 16.5. The van der Waals surface area contributed by atoms with Gasteiger partial charge in [-0.05, 0) is 35.2 Å². The van der Waals surface area contributed by atoms with Crippen molar-refractivity contribution in [3.05, 3.63) is 72.3 Å². The van der Waals surface area contributed by atoms with Crippen LogP contribution in [-0.4, -0.2) is 9.55 Å². The molecule has 3 heteroatoms. The van der Waals surface area contributed by atoms with Crippen LogP contribution in [0, 0.1) is 0 Å². The van der Waals surface area contributed by atoms with Gasteiger partial charge in [0.2, 0.25) is 0 Å². The average Bonchev–Trinajstić information content (AvgIpc) is 3.03. The van der Waals surface area contributed by atoms with E-state index in [1.165, 1.54) is 5.56 Å². The van der Waals surface area contributed by atoms with Crippen molar-refractivity contribution in [1.29, 1.82) is 0 Å². The van der Waals surface area contributed by atoms with Crippen LogP contribution >= 0.6 is 0 Å². The van der Waals surface area contributed by atoms with Crippen molar-refractivity contribution >= 4 is 11.0 Å². The zero-order chi connectivity index (χ0) is 17.9. The lowest BCUT2D eigenvalue weighted by Gasteiger charge is -2.24. The topological polar surface area (TPSA) is 27.1 Å². The number of hydrogen-bond acceptors (Lipinski definition) is 2. The van der Waals surface area contributed by atoms with E-state index in [9.17, 15) is 0 Å². The maximum atomic E-state index is 6.27. The molecule has 2 heterocycles. The van der Waals surface area contributed by atoms with Crippen molar-refractivity contribution < 1.29 is 4.74 Å². The van der Waals surface area contributed by atoms with Gasteiger partial charge in [-0.1, -0.05) is 63.2 Å². The highest BCUT2D eigenvalue weighted by Gasteiger charge is 2.27. The van der Waals surface area contributed by atoms with Crippen LogP contribution in [0.2, 0.25) is 0 Å². The second kappa shape index (κ2) is 5.21. The minimum absolute atomic E-state index is 0.0295. The molecule has 0 aliphatic carbocycles. The van der Waals surface area contributed by atoms with E-state index in [1.54, 1.807) is 0 Å². The number of hydrogen-bond donors (Lipinski definition) is 0. The number of nitrogens with zero attached hydrogens (tertiary/aromatic N) is 2. The average molecular weight is 340 g/mol. The molecule has 5 rings (SSSR count). The van der Waals surface area contributed by atoms with Crippen LogP contribution in [0.4, 0.5) is 0 Å². The van der Waals surface area contributed by atoms with Crippen LogP contribution in [0.15, 0.2) is 66.7 Å². The van der Waals surface area contributed by atoms with Gasteiger partial charge in [0.15, 0.2) is 11.5 Å². The summed E-state index contributed by atoms with van der Waals surface area (Å²) in [7, 11) is 0. The van der Waals surface area contributed by atoms with Crippen molar-refractivity contribution in [3.8, 4) is 28.6 Å². The summed E-state index contributed by atoms with van der Waals surface area (Å²) in [6.45, 7) is 6.65. The predicted octanol–water partition coefficient (Wildman–Crippen LogP) is 6.10. The largest absolute Gasteiger partial charge is 0.453 e. The molecule has 4 aromatic rings. The molecule has 0 N–H and O–H groups in total. The highest BCUT2D eigenvalue weighted by Crippen LogP contribution is 2.45. The van der Waals surface area contributed by atoms with Crippen molar-refractivity contribution in [2.75, 3.05) is 0 Å². The molecule has 128 valence electrons. The molecule has 0 saturated heterocycles. The van der Waals surface area contributed by atoms with Crippen molar-refractivity contribution in [2.24, 2.45) is 0 Å². The van der Waals surface area contributed by atoms with Gasteiger partial charge in [0.1, 0.15) is 11.3 Å². The molecular formula is C23H20N2O. The molecule has 0 radical (unpaired) electrons. The third kappa shape index (κ3) is 2.17. The number of ether oxygens (including phenoxy) is 1. The van der Waals surface area contributed by atoms with Gasteiger partial charge in [-0.2, -0.15) is 0 Å². The summed E-state index contributed by atoms with van der Waals surface area (Å²) in [4.78, 5) is 5.01. The van der Waals surface area contributed by atoms with E-state index in [-0.39, 0.29) is 5.41 Å². The Morgan fingerprint density at radius 3 is 2.35 bits per heavy atom. The van der Waals surface area contributed by atoms with Crippen molar-refractivity contribution in [3.63, 3.8) is 0 Å². The normalized spacial score (nSPS) is 12.7. The molecule has 1 aromatic heterocycles. The molecule has 0 saturated carbocycles. The molecule has 26 heavy (non-hydrogen) atoms. The van der Waals surface area contributed by atoms with Gasteiger partial charge < -0.3 is 4.74 Å². The second-order valence-electron chi connectivity index (χ2n) is 7.80. The van der Waals surface area contributed by atoms with E-state index in [0.29, 0.717) is 0 Å². The first-order chi connectivity index (χ1) is 12.5. The number of rotatable bonds is 1. The van der Waals surface area contributed by atoms with Crippen LogP contribution in [0.1, 0.15) is 26.3 Å². The van der Waals surface area contributed by atoms with Crippen LogP contribution in [0.5, 0.6) is 11.5 Å². The summed E-state index contributed by atoms with van der Waals surface area (Å²) < 4.78 is 8.50. The van der Waals surface area contributed by atoms with Crippen LogP contribution in [0.3, 0.4) is 0 Å². The predicted molar refractivity (Wildman–Crippen MR) is 105 cm³/mol. The van der Waals surface area contributed by atoms with Gasteiger partial charge >= 0.3 is 0 Å². The smallest absolute Gasteiger partial charge is 0.154 e. The number of para-hydroxylation sites is 2. The summed E-state index contributed by atoms with van der Waals surface area (Å²) in [5.41, 5.74) is 5.40. The second-order valence-corrected chi connectivity index (χ2v) is 7.80. The quantitative estimate of drug-likeness (QED) is 0.369. The third-order valence-electron chi connectivity index (χ3n) is 4.94. The number of aromatic nitrogens is 2. The van der Waals surface area contributed by atoms with Gasteiger partial charge in [-0.3, -0.25) is 4.57 Å². The minimum Gasteiger partial charge on any atom is -0.453 e. The fourth-order valence-corrected chi connectivity index (χ4v) is 3.55. The zero-order valence-electron chi connectivity index (χ0n) is 15.2. The van der Waals surface area contributed by atoms with Crippen molar-refractivity contribution in [1.82, 2.24) is 9.55 Å². The molecule has 0 unspecified atom stereocenters. The molecule has 1 aliphatic rings. The Hall–Kier alpha value is -3.07. The van der Waals surface area contributed by atoms with E-state index in [2.05, 4.69) is 67.8 Å². The monoisotopic (exact) mass is 340 g/mol. The number of imidazole rings is 1. The fourth-order valence-electron chi connectivity index (χ4n) is 3.55. The van der Waals surface area contributed by atoms with Gasteiger partial charge in [0.25, 0.3) is 0 Å². The van der Waals surface area contributed by atoms with Crippen LogP contribution < -0.4 is 4.74 Å². The van der Waals surface area contributed by atoms with E-state index in [1.807, 2.05) is 24.3 Å². The molecule has 0 atom stereocenters. The van der Waals surface area contributed by atoms with Crippen molar-refractivity contribution in [2.45, 2.75) is 26.2 Å². The van der Waals surface area contributed by atoms with E-state index in [0.717, 1.165) is 39.6 Å². The molecule has 0 bridgehead atoms. The zero-order valence-corrected chi connectivity index (χ0v) is 15.2. The standard InChI is InChI=1S/C23H20N2O/c1-23(2,3)16-13-17-21-20(14-16)26-19-12-8-7-11-18(19)25(21)22(24-17)15-9-5-4-6-10-15/h4-14H,1-3H3. The third-order valence-corrected chi connectivity index (χ3v) is 4.94. The van der Waals surface area contributed by atoms with Crippen LogP contribution in [0.25, 0.3) is 28.1 Å². The van der Waals surface area contributed by atoms with Gasteiger partial charge in [-0.25, -0.2) is 4.98 Å². The first-order valence-electron chi connectivity index (χ1n) is 8.92. The molecule has 0 amide bonds. The van der Waals surface area contributed by atoms with Crippen LogP contribution in [-0.2, 0) is 5.41 Å². The first kappa shape index (κ1) is 15.2. The summed E-state index contributed by atoms with van der Waals surface area (Å²) >= 11 is 0. The first-order valence-corrected chi connectivity index (χ1v) is 8.92. The lowest BCUT2D eigenvalue weighted by Crippen LogP contribution is -2.12. The molecule has 1 aliphatic heterocycles. The van der Waals surface area contributed by atoms with Gasteiger partial charge in [-0.15, -0.1) is 0 Å². The highest BCUT2D eigenvalue weighted by molar-refractivity contribution is 5.91. The minimum atomic E-state index is 0.0295. The van der Waals surface area contributed by atoms with E-state index >= 15 is 0 Å². The van der Waals surface area contributed by atoms with E-state index < -0.39 is 0 Å². The molecule has 3 aromatic carbocycles. The van der Waals surface area contributed by atoms with E-state index in [4.69, 9.17) is 9.72 Å². The Balaban J connectivity index is 1.90. The Morgan fingerprint density at radius 2 is 1.58 bits per heavy atom. The molecule has 0 spiro atoms. The lowest BCUT2D eigenvalue weighted by molar-refractivity contribution is 0.472. The lowest BCUT2D eigenvalue weighted by atomic mass is 9.86.